The second-order valence-corrected chi connectivity index (χ2v) is 9.07. The van der Waals surface area contributed by atoms with Gasteiger partial charge in [0.1, 0.15) is 11.9 Å². The molecule has 4 aromatic carbocycles. The Morgan fingerprint density at radius 3 is 1.70 bits per heavy atom. The molecule has 0 aliphatic carbocycles. The van der Waals surface area contributed by atoms with Crippen LogP contribution in [0.25, 0.3) is 0 Å². The van der Waals surface area contributed by atoms with Gasteiger partial charge in [0, 0.05) is 54.0 Å². The van der Waals surface area contributed by atoms with Crippen LogP contribution in [-0.2, 0) is 18.9 Å². The Morgan fingerprint density at radius 1 is 0.787 bits per heavy atom. The van der Waals surface area contributed by atoms with E-state index in [0.717, 1.165) is 13.2 Å². The molecule has 4 N–H and O–H groups in total. The summed E-state index contributed by atoms with van der Waals surface area (Å²) in [5.74, 6) is 1.31. The zero-order valence-corrected chi connectivity index (χ0v) is 30.3. The molecule has 4 aromatic rings. The largest absolute Gasteiger partial charge is 2.00 e. The fraction of sp³-hybridized carbons (Fsp3) is 0.188. The summed E-state index contributed by atoms with van der Waals surface area (Å²) in [6.07, 6.45) is 2.56. The second kappa shape index (κ2) is 22.5. The molecule has 47 heavy (non-hydrogen) atoms. The average molecular weight is 836 g/mol. The van der Waals surface area contributed by atoms with Gasteiger partial charge in [0.15, 0.2) is 28.8 Å². The number of ether oxygens (including phenoxy) is 5. The van der Waals surface area contributed by atoms with Gasteiger partial charge in [-0.2, -0.15) is 23.5 Å². The standard InChI is InChI=1S/C14H10FNO3.C8H6N2O2.C6H4F.C4H8O.2BrH.Cu.Mg/c15-9-3-1-8(2-4-9)14(17)10-5-12-13(6-11(10)16)19-7-18-12;9-3-5-1-7-8(2-6(5)10)12-4-11-7;7-6-4-2-1-3-5-6;1-2-4-5-3-1;;;;/h1-6H,7,16H2;1-2H,4,10H2;2-5H;1-4H2;2*1H;;/q;;-1;;;;+1;+2/p-2. The van der Waals surface area contributed by atoms with Crippen molar-refractivity contribution < 1.29 is 68.4 Å². The molecule has 3 heterocycles. The first-order valence-corrected chi connectivity index (χ1v) is 15.6. The van der Waals surface area contributed by atoms with Crippen LogP contribution in [0.5, 0.6) is 23.0 Å². The Hall–Kier alpha value is -3.09. The van der Waals surface area contributed by atoms with E-state index in [-0.39, 0.29) is 65.2 Å². The molecule has 1 fully saturated rings. The minimum Gasteiger partial charge on any atom is 2.00 e. The summed E-state index contributed by atoms with van der Waals surface area (Å²) < 4.78 is 50.2. The van der Waals surface area contributed by atoms with E-state index < -0.39 is 5.82 Å². The van der Waals surface area contributed by atoms with Crippen molar-refractivity contribution in [3.63, 3.8) is 0 Å². The molecule has 0 radical (unpaired) electrons. The third-order valence-electron chi connectivity index (χ3n) is 6.07. The third kappa shape index (κ3) is 13.1. The summed E-state index contributed by atoms with van der Waals surface area (Å²) >= 11 is 6.50. The molecule has 0 spiro atoms. The van der Waals surface area contributed by atoms with Gasteiger partial charge in [-0.15, -0.1) is 12.1 Å². The first-order chi connectivity index (χ1) is 21.9. The van der Waals surface area contributed by atoms with Crippen molar-refractivity contribution in [2.24, 2.45) is 0 Å². The molecule has 0 bridgehead atoms. The maximum absolute atomic E-state index is 12.8. The summed E-state index contributed by atoms with van der Waals surface area (Å²) in [7, 11) is 0. The zero-order valence-electron chi connectivity index (χ0n) is 24.7. The van der Waals surface area contributed by atoms with E-state index in [1.54, 1.807) is 24.3 Å². The molecule has 9 nitrogen and oxygen atoms in total. The Bertz CT molecular complexity index is 1590. The van der Waals surface area contributed by atoms with Crippen molar-refractivity contribution in [2.45, 2.75) is 12.8 Å². The molecule has 0 amide bonds. The number of anilines is 2. The molecule has 15 heteroatoms. The van der Waals surface area contributed by atoms with E-state index in [1.807, 2.05) is 6.07 Å². The van der Waals surface area contributed by atoms with Crippen LogP contribution in [0.2, 0.25) is 0 Å². The molecule has 0 unspecified atom stereocenters. The number of nitrogens with two attached hydrogens (primary N) is 2. The van der Waals surface area contributed by atoms with Gasteiger partial charge >= 0.3 is 51.4 Å². The van der Waals surface area contributed by atoms with Crippen molar-refractivity contribution >= 4 is 54.3 Å². The fourth-order valence-corrected chi connectivity index (χ4v) is 3.84. The smallest absolute Gasteiger partial charge is 2.00 e. The van der Waals surface area contributed by atoms with Crippen LogP contribution in [0.15, 0.2) is 72.8 Å². The number of ketones is 1. The number of carbonyl (C=O) groups excluding carboxylic acids is 1. The van der Waals surface area contributed by atoms with Gasteiger partial charge in [-0.1, -0.05) is 0 Å². The number of nitrogen functional groups attached to an aromatic ring is 2. The van der Waals surface area contributed by atoms with Crippen LogP contribution in [0.1, 0.15) is 34.3 Å². The maximum atomic E-state index is 12.8. The van der Waals surface area contributed by atoms with Gasteiger partial charge in [0.05, 0.1) is 11.3 Å². The quantitative estimate of drug-likeness (QED) is 0.135. The van der Waals surface area contributed by atoms with E-state index >= 15 is 0 Å². The van der Waals surface area contributed by atoms with Gasteiger partial charge in [-0.25, -0.2) is 8.78 Å². The maximum Gasteiger partial charge on any atom is 2.00 e. The van der Waals surface area contributed by atoms with Crippen molar-refractivity contribution in [3.05, 3.63) is 107 Å². The van der Waals surface area contributed by atoms with Gasteiger partial charge in [-0.05, 0) is 43.2 Å². The van der Waals surface area contributed by atoms with E-state index in [2.05, 4.69) is 34.4 Å². The van der Waals surface area contributed by atoms with Gasteiger partial charge in [0.2, 0.25) is 13.6 Å². The molecule has 248 valence electrons. The van der Waals surface area contributed by atoms with Crippen LogP contribution in [0.4, 0.5) is 20.2 Å². The minimum absolute atomic E-state index is 0. The summed E-state index contributed by atoms with van der Waals surface area (Å²) in [4.78, 5) is 12.3. The molecule has 3 aliphatic rings. The Labute approximate surface area is 313 Å². The Balaban J connectivity index is 0.000000338. The number of fused-ring (bicyclic) bond motifs is 2. The van der Waals surface area contributed by atoms with Crippen molar-refractivity contribution in [3.8, 4) is 29.1 Å². The predicted molar refractivity (Wildman–Crippen MR) is 168 cm³/mol. The molecule has 0 aromatic heterocycles. The Kier molecular flexibility index (Phi) is 20.0. The topological polar surface area (TPSA) is 139 Å². The molecule has 0 saturated carbocycles. The van der Waals surface area contributed by atoms with E-state index in [1.165, 1.54) is 61.4 Å². The summed E-state index contributed by atoms with van der Waals surface area (Å²) in [6, 6.07) is 22.0. The van der Waals surface area contributed by atoms with Gasteiger partial charge in [-0.3, -0.25) is 4.79 Å². The van der Waals surface area contributed by atoms with Crippen LogP contribution < -0.4 is 47.4 Å². The van der Waals surface area contributed by atoms with Crippen LogP contribution in [0.3, 0.4) is 0 Å². The van der Waals surface area contributed by atoms with E-state index in [9.17, 15) is 13.6 Å². The van der Waals surface area contributed by atoms with Crippen molar-refractivity contribution in [2.75, 3.05) is 38.3 Å². The van der Waals surface area contributed by atoms with Gasteiger partial charge < -0.3 is 52.1 Å². The van der Waals surface area contributed by atoms with E-state index in [4.69, 9.17) is 40.4 Å². The number of benzene rings is 4. The Morgan fingerprint density at radius 2 is 1.26 bits per heavy atom. The minimum atomic E-state index is -0.393. The zero-order chi connectivity index (χ0) is 32.6. The number of nitrogens with zero attached hydrogens (tertiary/aromatic N) is 1. The number of hydrogen-bond donors (Lipinski definition) is 2. The number of carbonyl (C=O) groups is 1. The normalized spacial score (nSPS) is 12.3. The van der Waals surface area contributed by atoms with E-state index in [0.29, 0.717) is 51.1 Å². The van der Waals surface area contributed by atoms with Gasteiger partial charge in [0.25, 0.3) is 0 Å². The van der Waals surface area contributed by atoms with Crippen LogP contribution >= 0.6 is 14.1 Å². The average Bonchev–Trinajstić information content (AvgIpc) is 3.87. The molecule has 7 rings (SSSR count). The number of rotatable bonds is 2. The van der Waals surface area contributed by atoms with Crippen LogP contribution in [-0.4, -0.2) is 55.6 Å². The number of hydrogen-bond acceptors (Lipinski definition) is 9. The SMILES string of the molecule is C1CCOC1.Fc1cc[c-]cc1.N#Cc1cc2c(cc1N)OCO2.Nc1cc2c(cc1C(=O)c1ccc(F)cc1)OCO2.[Br-].[Cu][Br].[Mg+2]. The first-order valence-electron chi connectivity index (χ1n) is 13.2. The molecular formula is C32H28Br2CuF2MgN3O6. The monoisotopic (exact) mass is 833 g/mol. The summed E-state index contributed by atoms with van der Waals surface area (Å²) in [6.45, 7) is 2.31. The summed E-state index contributed by atoms with van der Waals surface area (Å²) in [5.41, 5.74) is 13.2. The molecular weight excluding hydrogens is 808 g/mol. The predicted octanol–water partition coefficient (Wildman–Crippen LogP) is 3.13. The number of nitriles is 1. The molecule has 3 aliphatic heterocycles. The second-order valence-electron chi connectivity index (χ2n) is 9.07. The van der Waals surface area contributed by atoms with Crippen molar-refractivity contribution in [1.82, 2.24) is 0 Å². The van der Waals surface area contributed by atoms with Crippen LogP contribution in [0, 0.1) is 29.0 Å². The fourth-order valence-electron chi connectivity index (χ4n) is 3.84. The third-order valence-corrected chi connectivity index (χ3v) is 6.07. The summed E-state index contributed by atoms with van der Waals surface area (Å²) in [5, 5.41) is 8.62. The number of halogens is 4. The van der Waals surface area contributed by atoms with Crippen molar-refractivity contribution in [1.29, 1.82) is 5.26 Å². The molecule has 1 saturated heterocycles. The molecule has 0 atom stereocenters. The first kappa shape index (κ1) is 41.9.